The molecule has 0 bridgehead atoms. The second-order valence-electron chi connectivity index (χ2n) is 4.95. The van der Waals surface area contributed by atoms with Gasteiger partial charge in [-0.15, -0.1) is 11.3 Å². The molecule has 2 N–H and O–H groups in total. The fourth-order valence-electron chi connectivity index (χ4n) is 2.01. The van der Waals surface area contributed by atoms with Crippen LogP contribution in [0.4, 0.5) is 8.78 Å². The zero-order valence-electron chi connectivity index (χ0n) is 12.4. The zero-order valence-corrected chi connectivity index (χ0v) is 13.2. The Balaban J connectivity index is 2.06. The molecule has 0 spiro atoms. The Bertz CT molecular complexity index is 761. The topological polar surface area (TPSA) is 79.3 Å². The van der Waals surface area contributed by atoms with E-state index in [1.807, 2.05) is 0 Å². The summed E-state index contributed by atoms with van der Waals surface area (Å²) in [6, 6.07) is 3.11. The Kier molecular flexibility index (Phi) is 5.05. The van der Waals surface area contributed by atoms with Gasteiger partial charge in [0, 0.05) is 5.56 Å². The first-order chi connectivity index (χ1) is 10.8. The van der Waals surface area contributed by atoms with Crippen molar-refractivity contribution in [2.45, 2.75) is 26.3 Å². The molecule has 23 heavy (non-hydrogen) atoms. The number of thiazole rings is 1. The SMILES string of the molecule is Cc1nc(C(C)NC(=O)Cc2cccc(F)c2F)sc1C(=O)O. The Morgan fingerprint density at radius 1 is 1.39 bits per heavy atom. The number of carbonyl (C=O) groups is 2. The van der Waals surface area contributed by atoms with Gasteiger partial charge >= 0.3 is 5.97 Å². The summed E-state index contributed by atoms with van der Waals surface area (Å²) >= 11 is 0.970. The summed E-state index contributed by atoms with van der Waals surface area (Å²) in [5, 5.41) is 12.0. The van der Waals surface area contributed by atoms with Crippen LogP contribution in [0.2, 0.25) is 0 Å². The lowest BCUT2D eigenvalue weighted by molar-refractivity contribution is -0.121. The summed E-state index contributed by atoms with van der Waals surface area (Å²) in [4.78, 5) is 27.2. The molecular formula is C15H14F2N2O3S. The third-order valence-corrected chi connectivity index (χ3v) is 4.47. The number of nitrogens with one attached hydrogen (secondary N) is 1. The molecule has 2 aromatic rings. The van der Waals surface area contributed by atoms with Gasteiger partial charge in [0.15, 0.2) is 11.6 Å². The number of carbonyl (C=O) groups excluding carboxylic acids is 1. The summed E-state index contributed by atoms with van der Waals surface area (Å²) in [6.45, 7) is 3.21. The lowest BCUT2D eigenvalue weighted by atomic mass is 10.1. The van der Waals surface area contributed by atoms with Gasteiger partial charge in [0.2, 0.25) is 5.91 Å². The third kappa shape index (κ3) is 3.89. The van der Waals surface area contributed by atoms with E-state index in [1.165, 1.54) is 12.1 Å². The molecule has 5 nitrogen and oxygen atoms in total. The number of aromatic carboxylic acids is 1. The maximum atomic E-state index is 13.5. The molecule has 0 radical (unpaired) electrons. The normalized spacial score (nSPS) is 12.0. The predicted octanol–water partition coefficient (Wildman–Crippen LogP) is 2.85. The van der Waals surface area contributed by atoms with Crippen LogP contribution in [0, 0.1) is 18.6 Å². The van der Waals surface area contributed by atoms with Crippen LogP contribution in [0.3, 0.4) is 0 Å². The van der Waals surface area contributed by atoms with Gasteiger partial charge in [0.1, 0.15) is 9.88 Å². The molecular weight excluding hydrogens is 326 g/mol. The number of hydrogen-bond acceptors (Lipinski definition) is 4. The number of aromatic nitrogens is 1. The monoisotopic (exact) mass is 340 g/mol. The van der Waals surface area contributed by atoms with E-state index in [0.29, 0.717) is 10.7 Å². The highest BCUT2D eigenvalue weighted by Gasteiger charge is 2.20. The van der Waals surface area contributed by atoms with E-state index < -0.39 is 29.6 Å². The second-order valence-corrected chi connectivity index (χ2v) is 5.98. The van der Waals surface area contributed by atoms with Crippen LogP contribution in [-0.2, 0) is 11.2 Å². The minimum absolute atomic E-state index is 0.0451. The molecule has 1 atom stereocenters. The Hall–Kier alpha value is -2.35. The summed E-state index contributed by atoms with van der Waals surface area (Å²) in [7, 11) is 0. The molecule has 1 amide bonds. The van der Waals surface area contributed by atoms with Gasteiger partial charge in [0.05, 0.1) is 18.2 Å². The molecule has 122 valence electrons. The summed E-state index contributed by atoms with van der Waals surface area (Å²) in [5.74, 6) is -3.64. The van der Waals surface area contributed by atoms with Crippen molar-refractivity contribution in [1.82, 2.24) is 10.3 Å². The molecule has 1 aromatic heterocycles. The number of aryl methyl sites for hydroxylation is 1. The lowest BCUT2D eigenvalue weighted by Crippen LogP contribution is -2.28. The van der Waals surface area contributed by atoms with Crippen LogP contribution in [0.1, 0.15) is 38.9 Å². The molecule has 0 saturated heterocycles. The largest absolute Gasteiger partial charge is 0.477 e. The molecule has 1 heterocycles. The number of nitrogens with zero attached hydrogens (tertiary/aromatic N) is 1. The first kappa shape index (κ1) is 17.0. The average Bonchev–Trinajstić information content (AvgIpc) is 2.86. The van der Waals surface area contributed by atoms with Crippen molar-refractivity contribution in [3.63, 3.8) is 0 Å². The summed E-state index contributed by atoms with van der Waals surface area (Å²) in [5.41, 5.74) is 0.325. The molecule has 1 unspecified atom stereocenters. The fourth-order valence-corrected chi connectivity index (χ4v) is 2.92. The number of benzene rings is 1. The van der Waals surface area contributed by atoms with E-state index in [9.17, 15) is 18.4 Å². The third-order valence-electron chi connectivity index (χ3n) is 3.14. The molecule has 1 aromatic carbocycles. The van der Waals surface area contributed by atoms with Crippen molar-refractivity contribution in [3.8, 4) is 0 Å². The molecule has 2 rings (SSSR count). The number of carboxylic acids is 1. The summed E-state index contributed by atoms with van der Waals surface area (Å²) < 4.78 is 26.6. The van der Waals surface area contributed by atoms with Crippen molar-refractivity contribution in [2.75, 3.05) is 0 Å². The van der Waals surface area contributed by atoms with Gasteiger partial charge in [-0.25, -0.2) is 18.6 Å². The standard InChI is InChI=1S/C15H14F2N2O3S/c1-7-13(15(21)22)23-14(19-7)8(2)18-11(20)6-9-4-3-5-10(16)12(9)17/h3-5,8H,6H2,1-2H3,(H,18,20)(H,21,22). The number of hydrogen-bond donors (Lipinski definition) is 2. The van der Waals surface area contributed by atoms with Crippen LogP contribution >= 0.6 is 11.3 Å². The van der Waals surface area contributed by atoms with Gasteiger partial charge in [0.25, 0.3) is 0 Å². The van der Waals surface area contributed by atoms with E-state index in [1.54, 1.807) is 13.8 Å². The van der Waals surface area contributed by atoms with Crippen molar-refractivity contribution in [3.05, 3.63) is 51.0 Å². The van der Waals surface area contributed by atoms with E-state index in [-0.39, 0.29) is 16.9 Å². The second kappa shape index (κ2) is 6.82. The first-order valence-electron chi connectivity index (χ1n) is 6.72. The number of carboxylic acid groups (broad SMARTS) is 1. The highest BCUT2D eigenvalue weighted by Crippen LogP contribution is 2.23. The van der Waals surface area contributed by atoms with Crippen LogP contribution < -0.4 is 5.32 Å². The number of rotatable bonds is 5. The van der Waals surface area contributed by atoms with Gasteiger partial charge in [-0.05, 0) is 19.9 Å². The minimum atomic E-state index is -1.08. The quantitative estimate of drug-likeness (QED) is 0.877. The van der Waals surface area contributed by atoms with Gasteiger partial charge in [-0.1, -0.05) is 12.1 Å². The van der Waals surface area contributed by atoms with E-state index in [4.69, 9.17) is 5.11 Å². The van der Waals surface area contributed by atoms with E-state index in [0.717, 1.165) is 17.4 Å². The number of amides is 1. The predicted molar refractivity (Wildman–Crippen MR) is 80.4 cm³/mol. The van der Waals surface area contributed by atoms with Crippen molar-refractivity contribution in [2.24, 2.45) is 0 Å². The van der Waals surface area contributed by atoms with Crippen LogP contribution in [0.15, 0.2) is 18.2 Å². The van der Waals surface area contributed by atoms with E-state index in [2.05, 4.69) is 10.3 Å². The van der Waals surface area contributed by atoms with Gasteiger partial charge in [-0.2, -0.15) is 0 Å². The maximum Gasteiger partial charge on any atom is 0.347 e. The Labute approximate surface area is 135 Å². The minimum Gasteiger partial charge on any atom is -0.477 e. The molecule has 8 heteroatoms. The molecule has 0 saturated carbocycles. The maximum absolute atomic E-state index is 13.5. The highest BCUT2D eigenvalue weighted by atomic mass is 32.1. The van der Waals surface area contributed by atoms with Crippen LogP contribution in [0.25, 0.3) is 0 Å². The molecule has 0 aliphatic rings. The highest BCUT2D eigenvalue weighted by molar-refractivity contribution is 7.13. The average molecular weight is 340 g/mol. The Morgan fingerprint density at radius 2 is 2.09 bits per heavy atom. The van der Waals surface area contributed by atoms with E-state index >= 15 is 0 Å². The molecule has 0 aliphatic heterocycles. The van der Waals surface area contributed by atoms with Crippen molar-refractivity contribution < 1.29 is 23.5 Å². The lowest BCUT2D eigenvalue weighted by Gasteiger charge is -2.11. The van der Waals surface area contributed by atoms with Crippen LogP contribution in [-0.4, -0.2) is 22.0 Å². The van der Waals surface area contributed by atoms with Gasteiger partial charge < -0.3 is 10.4 Å². The first-order valence-corrected chi connectivity index (χ1v) is 7.54. The molecule has 0 fully saturated rings. The summed E-state index contributed by atoms with van der Waals surface area (Å²) in [6.07, 6.45) is -0.315. The van der Waals surface area contributed by atoms with Crippen LogP contribution in [0.5, 0.6) is 0 Å². The smallest absolute Gasteiger partial charge is 0.347 e. The van der Waals surface area contributed by atoms with Crippen molar-refractivity contribution in [1.29, 1.82) is 0 Å². The van der Waals surface area contributed by atoms with Crippen molar-refractivity contribution >= 4 is 23.2 Å². The number of halogens is 2. The Morgan fingerprint density at radius 3 is 2.70 bits per heavy atom. The zero-order chi connectivity index (χ0) is 17.1. The molecule has 0 aliphatic carbocycles. The fraction of sp³-hybridized carbons (Fsp3) is 0.267. The van der Waals surface area contributed by atoms with Gasteiger partial charge in [-0.3, -0.25) is 4.79 Å².